The normalized spacial score (nSPS) is 25.3. The molecule has 1 unspecified atom stereocenters. The van der Waals surface area contributed by atoms with Gasteiger partial charge in [-0.05, 0) is 12.5 Å². The standard InChI is InChI=1S/C20H34O5/c1-3-4-5-6-7-8-9-10-11-12-13-17(22)20(24)18(23)14-15-19(20)25-16(2)21/h14-15,18-19,23-24H,3-13H2,1-2H3/t18-,19?,20+/m1/s1. The summed E-state index contributed by atoms with van der Waals surface area (Å²) in [5.74, 6) is -1.05. The molecular formula is C20H34O5. The summed E-state index contributed by atoms with van der Waals surface area (Å²) >= 11 is 0. The topological polar surface area (TPSA) is 83.8 Å². The van der Waals surface area contributed by atoms with Crippen LogP contribution in [0.15, 0.2) is 12.2 Å². The predicted molar refractivity (Wildman–Crippen MR) is 97.1 cm³/mol. The number of rotatable bonds is 13. The van der Waals surface area contributed by atoms with E-state index < -0.39 is 29.6 Å². The molecule has 0 saturated carbocycles. The lowest BCUT2D eigenvalue weighted by molar-refractivity contribution is -0.172. The van der Waals surface area contributed by atoms with Crippen molar-refractivity contribution in [1.82, 2.24) is 0 Å². The molecule has 0 amide bonds. The first-order chi connectivity index (χ1) is 11.9. The third kappa shape index (κ3) is 6.90. The number of carbonyl (C=O) groups excluding carboxylic acids is 2. The summed E-state index contributed by atoms with van der Waals surface area (Å²) in [6.45, 7) is 3.43. The minimum Gasteiger partial charge on any atom is -0.455 e. The Hall–Kier alpha value is -1.20. The second kappa shape index (κ2) is 11.4. The van der Waals surface area contributed by atoms with E-state index in [1.54, 1.807) is 0 Å². The highest BCUT2D eigenvalue weighted by Gasteiger charge is 2.52. The number of aliphatic hydroxyl groups excluding tert-OH is 1. The van der Waals surface area contributed by atoms with Gasteiger partial charge in [0.15, 0.2) is 17.5 Å². The summed E-state index contributed by atoms with van der Waals surface area (Å²) in [6, 6.07) is 0. The maximum absolute atomic E-state index is 12.4. The molecule has 0 heterocycles. The van der Waals surface area contributed by atoms with Crippen molar-refractivity contribution in [2.24, 2.45) is 0 Å². The summed E-state index contributed by atoms with van der Waals surface area (Å²) in [5.41, 5.74) is -2.04. The lowest BCUT2D eigenvalue weighted by Gasteiger charge is -2.30. The van der Waals surface area contributed by atoms with E-state index in [1.165, 1.54) is 64.0 Å². The van der Waals surface area contributed by atoms with Gasteiger partial charge in [0.1, 0.15) is 6.10 Å². The molecular weight excluding hydrogens is 320 g/mol. The molecule has 2 N–H and O–H groups in total. The first kappa shape index (κ1) is 21.8. The van der Waals surface area contributed by atoms with Crippen LogP contribution in [0.2, 0.25) is 0 Å². The Morgan fingerprint density at radius 2 is 1.48 bits per heavy atom. The second-order valence-corrected chi connectivity index (χ2v) is 7.04. The number of unbranched alkanes of at least 4 members (excludes halogenated alkanes) is 9. The molecule has 5 heteroatoms. The van der Waals surface area contributed by atoms with Gasteiger partial charge in [0.25, 0.3) is 0 Å². The van der Waals surface area contributed by atoms with Crippen LogP contribution in [0, 0.1) is 0 Å². The molecule has 144 valence electrons. The molecule has 0 radical (unpaired) electrons. The Bertz CT molecular complexity index is 445. The van der Waals surface area contributed by atoms with Gasteiger partial charge in [0.2, 0.25) is 0 Å². The minimum atomic E-state index is -2.04. The van der Waals surface area contributed by atoms with E-state index in [0.29, 0.717) is 6.42 Å². The highest BCUT2D eigenvalue weighted by atomic mass is 16.6. The summed E-state index contributed by atoms with van der Waals surface area (Å²) in [5, 5.41) is 20.5. The van der Waals surface area contributed by atoms with Gasteiger partial charge in [-0.15, -0.1) is 0 Å². The van der Waals surface area contributed by atoms with Crippen LogP contribution in [0.5, 0.6) is 0 Å². The first-order valence-corrected chi connectivity index (χ1v) is 9.72. The van der Waals surface area contributed by atoms with E-state index in [9.17, 15) is 19.8 Å². The van der Waals surface area contributed by atoms with Gasteiger partial charge < -0.3 is 14.9 Å². The highest BCUT2D eigenvalue weighted by molar-refractivity contribution is 5.90. The molecule has 0 fully saturated rings. The van der Waals surface area contributed by atoms with Crippen LogP contribution in [0.1, 0.15) is 84.5 Å². The van der Waals surface area contributed by atoms with Crippen LogP contribution in [-0.2, 0) is 14.3 Å². The summed E-state index contributed by atoms with van der Waals surface area (Å²) in [4.78, 5) is 23.5. The Morgan fingerprint density at radius 1 is 0.960 bits per heavy atom. The molecule has 0 saturated heterocycles. The molecule has 0 aromatic heterocycles. The third-order valence-electron chi connectivity index (χ3n) is 4.85. The van der Waals surface area contributed by atoms with Crippen molar-refractivity contribution in [2.45, 2.75) is 102 Å². The molecule has 0 aromatic carbocycles. The van der Waals surface area contributed by atoms with Crippen molar-refractivity contribution in [3.63, 3.8) is 0 Å². The fourth-order valence-corrected chi connectivity index (χ4v) is 3.27. The number of carbonyl (C=O) groups is 2. The summed E-state index contributed by atoms with van der Waals surface area (Å²) in [6.07, 6.45) is 12.0. The van der Waals surface area contributed by atoms with Gasteiger partial charge in [0, 0.05) is 13.3 Å². The average molecular weight is 354 g/mol. The van der Waals surface area contributed by atoms with Crippen molar-refractivity contribution in [2.75, 3.05) is 0 Å². The van der Waals surface area contributed by atoms with Crippen LogP contribution < -0.4 is 0 Å². The van der Waals surface area contributed by atoms with Crippen LogP contribution in [0.3, 0.4) is 0 Å². The van der Waals surface area contributed by atoms with Gasteiger partial charge in [-0.1, -0.05) is 70.8 Å². The van der Waals surface area contributed by atoms with Crippen LogP contribution in [-0.4, -0.2) is 39.8 Å². The van der Waals surface area contributed by atoms with Gasteiger partial charge in [-0.2, -0.15) is 0 Å². The predicted octanol–water partition coefficient (Wildman–Crippen LogP) is 3.46. The monoisotopic (exact) mass is 354 g/mol. The number of hydrogen-bond acceptors (Lipinski definition) is 5. The molecule has 1 rings (SSSR count). The number of ketones is 1. The van der Waals surface area contributed by atoms with Crippen molar-refractivity contribution in [3.8, 4) is 0 Å². The smallest absolute Gasteiger partial charge is 0.303 e. The largest absolute Gasteiger partial charge is 0.455 e. The van der Waals surface area contributed by atoms with Crippen molar-refractivity contribution in [3.05, 3.63) is 12.2 Å². The van der Waals surface area contributed by atoms with E-state index >= 15 is 0 Å². The Balaban J connectivity index is 2.21. The van der Waals surface area contributed by atoms with E-state index in [2.05, 4.69) is 6.92 Å². The molecule has 0 aliphatic heterocycles. The number of aliphatic hydroxyl groups is 2. The number of hydrogen-bond donors (Lipinski definition) is 2. The van der Waals surface area contributed by atoms with Gasteiger partial charge in [0.05, 0.1) is 0 Å². The molecule has 3 atom stereocenters. The van der Waals surface area contributed by atoms with E-state index in [1.807, 2.05) is 0 Å². The lowest BCUT2D eigenvalue weighted by Crippen LogP contribution is -2.55. The second-order valence-electron chi connectivity index (χ2n) is 7.04. The molecule has 25 heavy (non-hydrogen) atoms. The highest BCUT2D eigenvalue weighted by Crippen LogP contribution is 2.30. The maximum atomic E-state index is 12.4. The summed E-state index contributed by atoms with van der Waals surface area (Å²) in [7, 11) is 0. The van der Waals surface area contributed by atoms with Crippen LogP contribution >= 0.6 is 0 Å². The number of ether oxygens (including phenoxy) is 1. The average Bonchev–Trinajstić information content (AvgIpc) is 2.85. The maximum Gasteiger partial charge on any atom is 0.303 e. The molecule has 0 aromatic rings. The van der Waals surface area contributed by atoms with Gasteiger partial charge in [-0.3, -0.25) is 9.59 Å². The van der Waals surface area contributed by atoms with Crippen molar-refractivity contribution < 1.29 is 24.5 Å². The van der Waals surface area contributed by atoms with E-state index in [-0.39, 0.29) is 6.42 Å². The van der Waals surface area contributed by atoms with E-state index in [4.69, 9.17) is 4.74 Å². The minimum absolute atomic E-state index is 0.184. The van der Waals surface area contributed by atoms with Gasteiger partial charge >= 0.3 is 5.97 Å². The Labute approximate surface area is 151 Å². The molecule has 5 nitrogen and oxygen atoms in total. The molecule has 0 bridgehead atoms. The van der Waals surface area contributed by atoms with Crippen molar-refractivity contribution in [1.29, 1.82) is 0 Å². The lowest BCUT2D eigenvalue weighted by atomic mass is 9.88. The zero-order valence-corrected chi connectivity index (χ0v) is 15.7. The quantitative estimate of drug-likeness (QED) is 0.301. The van der Waals surface area contributed by atoms with Crippen LogP contribution in [0.4, 0.5) is 0 Å². The molecule has 0 spiro atoms. The zero-order chi connectivity index (χ0) is 18.7. The van der Waals surface area contributed by atoms with E-state index in [0.717, 1.165) is 12.8 Å². The SMILES string of the molecule is CCCCCCCCCCCCC(=O)[C@@]1(O)C(OC(C)=O)C=C[C@H]1O. The Kier molecular flexibility index (Phi) is 9.98. The fraction of sp³-hybridized carbons (Fsp3) is 0.800. The third-order valence-corrected chi connectivity index (χ3v) is 4.85. The number of Topliss-reactive ketones (excluding diaryl/α,β-unsaturated/α-hetero) is 1. The molecule has 1 aliphatic carbocycles. The molecule has 1 aliphatic rings. The van der Waals surface area contributed by atoms with Crippen LogP contribution in [0.25, 0.3) is 0 Å². The summed E-state index contributed by atoms with van der Waals surface area (Å²) < 4.78 is 4.96. The van der Waals surface area contributed by atoms with Gasteiger partial charge in [-0.25, -0.2) is 0 Å². The Morgan fingerprint density at radius 3 is 2.00 bits per heavy atom. The van der Waals surface area contributed by atoms with Crippen molar-refractivity contribution >= 4 is 11.8 Å². The first-order valence-electron chi connectivity index (χ1n) is 9.72. The number of esters is 1. The zero-order valence-electron chi connectivity index (χ0n) is 15.7. The fourth-order valence-electron chi connectivity index (χ4n) is 3.27.